The molecular formula is C21H16N2OS. The van der Waals surface area contributed by atoms with Gasteiger partial charge in [-0.05, 0) is 17.7 Å². The van der Waals surface area contributed by atoms with Crippen molar-refractivity contribution in [1.82, 2.24) is 4.98 Å². The number of phenols is 1. The van der Waals surface area contributed by atoms with Gasteiger partial charge in [-0.1, -0.05) is 78.1 Å². The smallest absolute Gasteiger partial charge is 0.188 e. The quantitative estimate of drug-likeness (QED) is 0.482. The molecule has 122 valence electrons. The molecule has 1 aromatic heterocycles. The Labute approximate surface area is 150 Å². The molecular weight excluding hydrogens is 328 g/mol. The standard InChI is InChI=1S/C21H16N2OS/c24-18-13-7-12-17(14-18)22-21-23-19(15-8-3-1-4-9-15)20(25-21)16-10-5-2-6-11-16/h1-14,24H,(H,22,23). The van der Waals surface area contributed by atoms with Crippen LogP contribution in [-0.4, -0.2) is 10.1 Å². The van der Waals surface area contributed by atoms with E-state index >= 15 is 0 Å². The second-order valence-electron chi connectivity index (χ2n) is 5.60. The third-order valence-electron chi connectivity index (χ3n) is 3.81. The van der Waals surface area contributed by atoms with E-state index in [2.05, 4.69) is 29.6 Å². The van der Waals surface area contributed by atoms with Gasteiger partial charge in [0.2, 0.25) is 0 Å². The van der Waals surface area contributed by atoms with Crippen LogP contribution in [0.5, 0.6) is 5.75 Å². The first-order chi connectivity index (χ1) is 12.3. The van der Waals surface area contributed by atoms with Crippen LogP contribution in [0.15, 0.2) is 84.9 Å². The molecule has 0 saturated heterocycles. The third kappa shape index (κ3) is 3.39. The summed E-state index contributed by atoms with van der Waals surface area (Å²) >= 11 is 1.60. The van der Waals surface area contributed by atoms with E-state index in [1.54, 1.807) is 23.5 Å². The average Bonchev–Trinajstić information content (AvgIpc) is 3.07. The van der Waals surface area contributed by atoms with E-state index in [0.717, 1.165) is 32.5 Å². The molecule has 0 aliphatic heterocycles. The molecule has 0 atom stereocenters. The van der Waals surface area contributed by atoms with E-state index in [0.29, 0.717) is 0 Å². The number of anilines is 2. The molecule has 1 heterocycles. The Balaban J connectivity index is 1.78. The molecule has 0 radical (unpaired) electrons. The Hall–Kier alpha value is -3.11. The molecule has 4 heteroatoms. The molecule has 4 aromatic rings. The molecule has 0 unspecified atom stereocenters. The molecule has 25 heavy (non-hydrogen) atoms. The zero-order valence-electron chi connectivity index (χ0n) is 13.4. The summed E-state index contributed by atoms with van der Waals surface area (Å²) in [4.78, 5) is 5.93. The molecule has 0 fully saturated rings. The summed E-state index contributed by atoms with van der Waals surface area (Å²) in [5.41, 5.74) is 4.00. The molecule has 3 aromatic carbocycles. The SMILES string of the molecule is Oc1cccc(Nc2nc(-c3ccccc3)c(-c3ccccc3)s2)c1. The van der Waals surface area contributed by atoms with Crippen LogP contribution in [0.3, 0.4) is 0 Å². The first-order valence-corrected chi connectivity index (χ1v) is 8.79. The van der Waals surface area contributed by atoms with Crippen LogP contribution >= 0.6 is 11.3 Å². The highest BCUT2D eigenvalue weighted by atomic mass is 32.1. The van der Waals surface area contributed by atoms with Crippen LogP contribution in [0.25, 0.3) is 21.7 Å². The molecule has 0 aliphatic carbocycles. The maximum Gasteiger partial charge on any atom is 0.188 e. The van der Waals surface area contributed by atoms with Gasteiger partial charge in [0.1, 0.15) is 5.75 Å². The summed E-state index contributed by atoms with van der Waals surface area (Å²) in [5.74, 6) is 0.230. The topological polar surface area (TPSA) is 45.1 Å². The van der Waals surface area contributed by atoms with Gasteiger partial charge >= 0.3 is 0 Å². The van der Waals surface area contributed by atoms with Gasteiger partial charge in [0.05, 0.1) is 10.6 Å². The summed E-state index contributed by atoms with van der Waals surface area (Å²) in [6.45, 7) is 0. The van der Waals surface area contributed by atoms with E-state index in [1.165, 1.54) is 0 Å². The number of benzene rings is 3. The van der Waals surface area contributed by atoms with Crippen LogP contribution in [0.4, 0.5) is 10.8 Å². The highest BCUT2D eigenvalue weighted by Crippen LogP contribution is 2.39. The summed E-state index contributed by atoms with van der Waals surface area (Å²) < 4.78 is 0. The maximum absolute atomic E-state index is 9.65. The summed E-state index contributed by atoms with van der Waals surface area (Å²) in [6, 6.07) is 27.5. The van der Waals surface area contributed by atoms with E-state index in [1.807, 2.05) is 48.5 Å². The minimum absolute atomic E-state index is 0.230. The zero-order chi connectivity index (χ0) is 17.1. The van der Waals surface area contributed by atoms with Crippen LogP contribution < -0.4 is 5.32 Å². The van der Waals surface area contributed by atoms with Crippen LogP contribution in [0.1, 0.15) is 0 Å². The molecule has 0 aliphatic rings. The Kier molecular flexibility index (Phi) is 4.19. The molecule has 0 spiro atoms. The fourth-order valence-electron chi connectivity index (χ4n) is 2.66. The molecule has 3 nitrogen and oxygen atoms in total. The third-order valence-corrected chi connectivity index (χ3v) is 4.83. The first kappa shape index (κ1) is 15.4. The number of nitrogens with one attached hydrogen (secondary N) is 1. The number of thiazole rings is 1. The first-order valence-electron chi connectivity index (χ1n) is 7.97. The Morgan fingerprint density at radius 2 is 1.44 bits per heavy atom. The maximum atomic E-state index is 9.65. The fraction of sp³-hybridized carbons (Fsp3) is 0. The summed E-state index contributed by atoms with van der Waals surface area (Å²) in [5, 5.41) is 13.7. The highest BCUT2D eigenvalue weighted by molar-refractivity contribution is 7.19. The highest BCUT2D eigenvalue weighted by Gasteiger charge is 2.15. The molecule has 0 bridgehead atoms. The summed E-state index contributed by atoms with van der Waals surface area (Å²) in [7, 11) is 0. The van der Waals surface area contributed by atoms with Crippen molar-refractivity contribution in [3.63, 3.8) is 0 Å². The normalized spacial score (nSPS) is 10.6. The van der Waals surface area contributed by atoms with Crippen molar-refractivity contribution in [3.8, 4) is 27.4 Å². The van der Waals surface area contributed by atoms with Gasteiger partial charge in [-0.3, -0.25) is 0 Å². The van der Waals surface area contributed by atoms with Gasteiger partial charge < -0.3 is 10.4 Å². The summed E-state index contributed by atoms with van der Waals surface area (Å²) in [6.07, 6.45) is 0. The lowest BCUT2D eigenvalue weighted by molar-refractivity contribution is 0.475. The number of rotatable bonds is 4. The lowest BCUT2D eigenvalue weighted by Gasteiger charge is -2.02. The van der Waals surface area contributed by atoms with E-state index < -0.39 is 0 Å². The van der Waals surface area contributed by atoms with Crippen molar-refractivity contribution in [3.05, 3.63) is 84.9 Å². The minimum atomic E-state index is 0.230. The van der Waals surface area contributed by atoms with Gasteiger partial charge in [0.15, 0.2) is 5.13 Å². The largest absolute Gasteiger partial charge is 0.508 e. The van der Waals surface area contributed by atoms with Crippen LogP contribution in [0, 0.1) is 0 Å². The molecule has 0 saturated carbocycles. The van der Waals surface area contributed by atoms with Crippen molar-refractivity contribution < 1.29 is 5.11 Å². The van der Waals surface area contributed by atoms with Gasteiger partial charge in [0, 0.05) is 17.3 Å². The van der Waals surface area contributed by atoms with E-state index in [4.69, 9.17) is 4.98 Å². The van der Waals surface area contributed by atoms with Crippen LogP contribution in [-0.2, 0) is 0 Å². The average molecular weight is 344 g/mol. The lowest BCUT2D eigenvalue weighted by atomic mass is 10.1. The number of nitrogens with zero attached hydrogens (tertiary/aromatic N) is 1. The van der Waals surface area contributed by atoms with Crippen molar-refractivity contribution in [1.29, 1.82) is 0 Å². The number of phenolic OH excluding ortho intramolecular Hbond substituents is 1. The van der Waals surface area contributed by atoms with Crippen LogP contribution in [0.2, 0.25) is 0 Å². The number of hydrogen-bond donors (Lipinski definition) is 2. The Morgan fingerprint density at radius 3 is 2.12 bits per heavy atom. The van der Waals surface area contributed by atoms with Gasteiger partial charge in [-0.15, -0.1) is 0 Å². The van der Waals surface area contributed by atoms with E-state index in [9.17, 15) is 5.11 Å². The lowest BCUT2D eigenvalue weighted by Crippen LogP contribution is -1.89. The second kappa shape index (κ2) is 6.79. The minimum Gasteiger partial charge on any atom is -0.508 e. The second-order valence-corrected chi connectivity index (χ2v) is 6.60. The van der Waals surface area contributed by atoms with Crippen molar-refractivity contribution in [2.45, 2.75) is 0 Å². The Morgan fingerprint density at radius 1 is 0.760 bits per heavy atom. The van der Waals surface area contributed by atoms with Crippen molar-refractivity contribution >= 4 is 22.2 Å². The van der Waals surface area contributed by atoms with Crippen molar-refractivity contribution in [2.75, 3.05) is 5.32 Å². The molecule has 2 N–H and O–H groups in total. The number of hydrogen-bond acceptors (Lipinski definition) is 4. The molecule has 0 amide bonds. The number of aromatic hydroxyl groups is 1. The number of aromatic nitrogens is 1. The Bertz CT molecular complexity index is 924. The molecule has 4 rings (SSSR count). The monoisotopic (exact) mass is 344 g/mol. The predicted molar refractivity (Wildman–Crippen MR) is 104 cm³/mol. The van der Waals surface area contributed by atoms with E-state index in [-0.39, 0.29) is 5.75 Å². The zero-order valence-corrected chi connectivity index (χ0v) is 14.2. The van der Waals surface area contributed by atoms with Gasteiger partial charge in [-0.2, -0.15) is 0 Å². The van der Waals surface area contributed by atoms with Crippen molar-refractivity contribution in [2.24, 2.45) is 0 Å². The predicted octanol–water partition coefficient (Wildman–Crippen LogP) is 5.93. The fourth-order valence-corrected chi connectivity index (χ4v) is 3.67. The van der Waals surface area contributed by atoms with Gasteiger partial charge in [-0.25, -0.2) is 4.98 Å². The van der Waals surface area contributed by atoms with Gasteiger partial charge in [0.25, 0.3) is 0 Å².